The van der Waals surface area contributed by atoms with Gasteiger partial charge < -0.3 is 15.0 Å². The van der Waals surface area contributed by atoms with E-state index in [0.29, 0.717) is 18.1 Å². The maximum Gasteiger partial charge on any atom is 0.248 e. The molecule has 1 aromatic rings. The molecular weight excluding hydrogens is 246 g/mol. The smallest absolute Gasteiger partial charge is 0.248 e. The number of nitrogens with one attached hydrogen (secondary N) is 1. The molecule has 0 bridgehead atoms. The molecule has 1 aromatic heterocycles. The van der Waals surface area contributed by atoms with Crippen molar-refractivity contribution < 1.29 is 14.3 Å². The first-order valence-corrected chi connectivity index (χ1v) is 6.03. The zero-order valence-electron chi connectivity index (χ0n) is 11.3. The molecule has 2 rings (SSSR count). The van der Waals surface area contributed by atoms with E-state index in [1.165, 1.54) is 12.0 Å². The van der Waals surface area contributed by atoms with E-state index in [9.17, 15) is 9.59 Å². The number of methoxy groups -OCH3 is 1. The number of ether oxygens (including phenoxy) is 1. The van der Waals surface area contributed by atoms with Gasteiger partial charge in [0, 0.05) is 6.07 Å². The highest BCUT2D eigenvalue weighted by Gasteiger charge is 2.39. The van der Waals surface area contributed by atoms with E-state index in [2.05, 4.69) is 10.3 Å². The van der Waals surface area contributed by atoms with Crippen molar-refractivity contribution in [3.63, 3.8) is 0 Å². The van der Waals surface area contributed by atoms with Crippen LogP contribution in [0, 0.1) is 0 Å². The monoisotopic (exact) mass is 263 g/mol. The summed E-state index contributed by atoms with van der Waals surface area (Å²) in [7, 11) is 1.54. The van der Waals surface area contributed by atoms with E-state index in [4.69, 9.17) is 4.74 Å². The molecule has 102 valence electrons. The summed E-state index contributed by atoms with van der Waals surface area (Å²) in [5, 5.41) is 2.67. The number of pyridine rings is 1. The molecule has 0 aromatic carbocycles. The number of nitrogens with zero attached hydrogens (tertiary/aromatic N) is 2. The maximum absolute atomic E-state index is 12.2. The van der Waals surface area contributed by atoms with Crippen LogP contribution in [0.3, 0.4) is 0 Å². The Kier molecular flexibility index (Phi) is 3.42. The van der Waals surface area contributed by atoms with Crippen molar-refractivity contribution in [2.75, 3.05) is 13.7 Å². The fourth-order valence-electron chi connectivity index (χ4n) is 2.06. The summed E-state index contributed by atoms with van der Waals surface area (Å²) < 4.78 is 5.04. The Labute approximate surface area is 111 Å². The average molecular weight is 263 g/mol. The lowest BCUT2D eigenvalue weighted by Gasteiger charge is -2.37. The summed E-state index contributed by atoms with van der Waals surface area (Å²) in [6.07, 6.45) is 0. The third-order valence-electron chi connectivity index (χ3n) is 2.95. The molecule has 2 heterocycles. The first-order chi connectivity index (χ1) is 8.92. The SMILES string of the molecule is COc1cccc(CN2CC(=O)NC(C)(C)C2=O)n1. The lowest BCUT2D eigenvalue weighted by Crippen LogP contribution is -2.63. The minimum Gasteiger partial charge on any atom is -0.481 e. The van der Waals surface area contributed by atoms with E-state index >= 15 is 0 Å². The number of hydrogen-bond acceptors (Lipinski definition) is 4. The first-order valence-electron chi connectivity index (χ1n) is 6.03. The summed E-state index contributed by atoms with van der Waals surface area (Å²) >= 11 is 0. The van der Waals surface area contributed by atoms with Gasteiger partial charge in [0.15, 0.2) is 0 Å². The lowest BCUT2D eigenvalue weighted by atomic mass is 10.0. The molecule has 1 aliphatic rings. The predicted octanol–water partition coefficient (Wildman–Crippen LogP) is 0.327. The number of aromatic nitrogens is 1. The molecule has 0 radical (unpaired) electrons. The van der Waals surface area contributed by atoms with Gasteiger partial charge in [-0.3, -0.25) is 9.59 Å². The fraction of sp³-hybridized carbons (Fsp3) is 0.462. The molecule has 1 N–H and O–H groups in total. The van der Waals surface area contributed by atoms with Crippen LogP contribution in [0.5, 0.6) is 5.88 Å². The summed E-state index contributed by atoms with van der Waals surface area (Å²) in [5.41, 5.74) is -0.174. The van der Waals surface area contributed by atoms with Crippen LogP contribution in [0.2, 0.25) is 0 Å². The van der Waals surface area contributed by atoms with Crippen LogP contribution < -0.4 is 10.1 Å². The van der Waals surface area contributed by atoms with Crippen molar-refractivity contribution in [2.45, 2.75) is 25.9 Å². The molecule has 0 atom stereocenters. The second-order valence-corrected chi connectivity index (χ2v) is 5.01. The third-order valence-corrected chi connectivity index (χ3v) is 2.95. The molecule has 6 heteroatoms. The van der Waals surface area contributed by atoms with Crippen LogP contribution in [0.4, 0.5) is 0 Å². The summed E-state index contributed by atoms with van der Waals surface area (Å²) in [4.78, 5) is 29.5. The first kappa shape index (κ1) is 13.3. The van der Waals surface area contributed by atoms with Crippen molar-refractivity contribution in [3.8, 4) is 5.88 Å². The van der Waals surface area contributed by atoms with Gasteiger partial charge >= 0.3 is 0 Å². The third kappa shape index (κ3) is 2.83. The molecule has 0 spiro atoms. The largest absolute Gasteiger partial charge is 0.481 e. The molecule has 0 saturated carbocycles. The average Bonchev–Trinajstić information content (AvgIpc) is 2.35. The van der Waals surface area contributed by atoms with Crippen LogP contribution in [-0.4, -0.2) is 40.9 Å². The molecule has 19 heavy (non-hydrogen) atoms. The Bertz CT molecular complexity index is 514. The second-order valence-electron chi connectivity index (χ2n) is 5.01. The van der Waals surface area contributed by atoms with Gasteiger partial charge in [0.2, 0.25) is 17.7 Å². The van der Waals surface area contributed by atoms with E-state index in [1.54, 1.807) is 32.0 Å². The van der Waals surface area contributed by atoms with Gasteiger partial charge in [-0.15, -0.1) is 0 Å². The van der Waals surface area contributed by atoms with E-state index < -0.39 is 5.54 Å². The minimum atomic E-state index is -0.867. The van der Waals surface area contributed by atoms with Crippen LogP contribution in [0.1, 0.15) is 19.5 Å². The molecule has 1 aliphatic heterocycles. The Balaban J connectivity index is 2.17. The number of piperazine rings is 1. The topological polar surface area (TPSA) is 71.5 Å². The molecule has 0 unspecified atom stereocenters. The van der Waals surface area contributed by atoms with Gasteiger partial charge in [-0.2, -0.15) is 0 Å². The molecule has 2 amide bonds. The van der Waals surface area contributed by atoms with Gasteiger partial charge in [0.05, 0.1) is 19.3 Å². The standard InChI is InChI=1S/C13H17N3O3/c1-13(2)12(18)16(8-10(17)15-13)7-9-5-4-6-11(14-9)19-3/h4-6H,7-8H2,1-3H3,(H,15,17). The second kappa shape index (κ2) is 4.87. The van der Waals surface area contributed by atoms with Crippen LogP contribution >= 0.6 is 0 Å². The summed E-state index contributed by atoms with van der Waals surface area (Å²) in [6, 6.07) is 5.34. The van der Waals surface area contributed by atoms with Crippen molar-refractivity contribution in [1.29, 1.82) is 0 Å². The Morgan fingerprint density at radius 2 is 2.16 bits per heavy atom. The highest BCUT2D eigenvalue weighted by Crippen LogP contribution is 2.16. The summed E-state index contributed by atoms with van der Waals surface area (Å²) in [5.74, 6) is 0.217. The van der Waals surface area contributed by atoms with Crippen molar-refractivity contribution in [2.24, 2.45) is 0 Å². The normalized spacial score (nSPS) is 18.2. The van der Waals surface area contributed by atoms with E-state index in [0.717, 1.165) is 0 Å². The quantitative estimate of drug-likeness (QED) is 0.853. The predicted molar refractivity (Wildman–Crippen MR) is 68.4 cm³/mol. The van der Waals surface area contributed by atoms with Crippen molar-refractivity contribution in [1.82, 2.24) is 15.2 Å². The maximum atomic E-state index is 12.2. The number of carbonyl (C=O) groups is 2. The highest BCUT2D eigenvalue weighted by atomic mass is 16.5. The molecule has 1 saturated heterocycles. The van der Waals surface area contributed by atoms with Crippen molar-refractivity contribution in [3.05, 3.63) is 23.9 Å². The van der Waals surface area contributed by atoms with Crippen LogP contribution in [0.15, 0.2) is 18.2 Å². The van der Waals surface area contributed by atoms with Crippen LogP contribution in [0.25, 0.3) is 0 Å². The van der Waals surface area contributed by atoms with E-state index in [-0.39, 0.29) is 18.4 Å². The molecule has 0 aliphatic carbocycles. The highest BCUT2D eigenvalue weighted by molar-refractivity contribution is 5.97. The number of rotatable bonds is 3. The van der Waals surface area contributed by atoms with Gasteiger partial charge in [-0.25, -0.2) is 4.98 Å². The van der Waals surface area contributed by atoms with Crippen LogP contribution in [-0.2, 0) is 16.1 Å². The fourth-order valence-corrected chi connectivity index (χ4v) is 2.06. The number of hydrogen-bond donors (Lipinski definition) is 1. The Hall–Kier alpha value is -2.11. The molecule has 1 fully saturated rings. The minimum absolute atomic E-state index is 0.0567. The Morgan fingerprint density at radius 3 is 2.84 bits per heavy atom. The lowest BCUT2D eigenvalue weighted by molar-refractivity contribution is -0.149. The van der Waals surface area contributed by atoms with Gasteiger partial charge in [-0.05, 0) is 19.9 Å². The summed E-state index contributed by atoms with van der Waals surface area (Å²) in [6.45, 7) is 3.74. The number of amides is 2. The Morgan fingerprint density at radius 1 is 1.42 bits per heavy atom. The van der Waals surface area contributed by atoms with Gasteiger partial charge in [-0.1, -0.05) is 6.07 Å². The van der Waals surface area contributed by atoms with Crippen molar-refractivity contribution >= 4 is 11.8 Å². The van der Waals surface area contributed by atoms with Gasteiger partial charge in [0.25, 0.3) is 0 Å². The number of carbonyl (C=O) groups excluding carboxylic acids is 2. The molecule has 6 nitrogen and oxygen atoms in total. The zero-order valence-corrected chi connectivity index (χ0v) is 11.3. The molecular formula is C13H17N3O3. The van der Waals surface area contributed by atoms with E-state index in [1.807, 2.05) is 0 Å². The van der Waals surface area contributed by atoms with Gasteiger partial charge in [0.1, 0.15) is 12.1 Å². The zero-order chi connectivity index (χ0) is 14.0.